The van der Waals surface area contributed by atoms with Crippen LogP contribution >= 0.6 is 0 Å². The van der Waals surface area contributed by atoms with Gasteiger partial charge in [-0.2, -0.15) is 18.4 Å². The Bertz CT molecular complexity index is 1470. The number of nitrogens with zero attached hydrogens (tertiary/aromatic N) is 2. The van der Waals surface area contributed by atoms with E-state index in [-0.39, 0.29) is 11.7 Å². The number of ether oxygens (including phenoxy) is 2. The molecule has 1 atom stereocenters. The molecule has 0 saturated heterocycles. The van der Waals surface area contributed by atoms with E-state index in [2.05, 4.69) is 16.1 Å². The normalized spacial score (nSPS) is 15.0. The Hall–Kier alpha value is -3.72. The van der Waals surface area contributed by atoms with Crippen molar-refractivity contribution in [2.45, 2.75) is 44.5 Å². The van der Waals surface area contributed by atoms with Gasteiger partial charge in [0, 0.05) is 29.4 Å². The number of carbonyl (C=O) groups is 1. The molecule has 3 aromatic rings. The van der Waals surface area contributed by atoms with Gasteiger partial charge in [0.05, 0.1) is 16.8 Å². The second-order valence-corrected chi connectivity index (χ2v) is 11.0. The Morgan fingerprint density at radius 1 is 1.22 bits per heavy atom. The summed E-state index contributed by atoms with van der Waals surface area (Å²) in [5.74, 6) is -0.114. The van der Waals surface area contributed by atoms with Crippen LogP contribution in [-0.2, 0) is 14.6 Å². The average Bonchev–Trinajstić information content (AvgIpc) is 3.09. The maximum absolute atomic E-state index is 12.6. The number of hydrogen-bond acceptors (Lipinski definition) is 6. The summed E-state index contributed by atoms with van der Waals surface area (Å²) in [5.41, 5.74) is 2.71. The van der Waals surface area contributed by atoms with Crippen LogP contribution in [0.15, 0.2) is 42.5 Å². The zero-order valence-electron chi connectivity index (χ0n) is 20.0. The van der Waals surface area contributed by atoms with Gasteiger partial charge in [-0.3, -0.25) is 5.32 Å². The molecule has 1 aromatic heterocycles. The third kappa shape index (κ3) is 5.83. The van der Waals surface area contributed by atoms with Crippen LogP contribution in [0.5, 0.6) is 5.75 Å². The number of alkyl halides is 3. The summed E-state index contributed by atoms with van der Waals surface area (Å²) in [6.45, 7) is 0.739. The Labute approximate surface area is 211 Å². The van der Waals surface area contributed by atoms with E-state index in [1.54, 1.807) is 30.3 Å². The molecular formula is C25H24F3N3O5S. The molecule has 0 bridgehead atoms. The molecule has 4 rings (SSSR count). The lowest BCUT2D eigenvalue weighted by Crippen LogP contribution is -2.32. The molecule has 8 nitrogen and oxygen atoms in total. The first-order valence-corrected chi connectivity index (χ1v) is 13.5. The summed E-state index contributed by atoms with van der Waals surface area (Å²) < 4.78 is 72.8. The van der Waals surface area contributed by atoms with Crippen LogP contribution in [0.1, 0.15) is 37.8 Å². The second-order valence-electron chi connectivity index (χ2n) is 8.95. The molecular weight excluding hydrogens is 511 g/mol. The van der Waals surface area contributed by atoms with Gasteiger partial charge >= 0.3 is 12.3 Å². The lowest BCUT2D eigenvalue weighted by atomic mass is 9.92. The fourth-order valence-corrected chi connectivity index (χ4v) is 4.41. The molecule has 1 N–H and O–H groups in total. The molecule has 1 amide bonds. The highest BCUT2D eigenvalue weighted by molar-refractivity contribution is 7.90. The van der Waals surface area contributed by atoms with Gasteiger partial charge in [-0.25, -0.2) is 13.2 Å². The maximum Gasteiger partial charge on any atom is 0.425 e. The first-order valence-electron chi connectivity index (χ1n) is 11.4. The molecule has 0 spiro atoms. The first-order chi connectivity index (χ1) is 17.4. The van der Waals surface area contributed by atoms with E-state index in [1.165, 1.54) is 12.1 Å². The highest BCUT2D eigenvalue weighted by Gasteiger charge is 2.39. The van der Waals surface area contributed by atoms with Gasteiger partial charge in [-0.15, -0.1) is 0 Å². The molecule has 0 unspecified atom stereocenters. The zero-order valence-corrected chi connectivity index (χ0v) is 20.8. The molecule has 196 valence electrons. The molecule has 1 aliphatic rings. The van der Waals surface area contributed by atoms with Crippen LogP contribution in [0.4, 0.5) is 23.7 Å². The number of rotatable bonds is 7. The van der Waals surface area contributed by atoms with Crippen LogP contribution in [0.2, 0.25) is 0 Å². The van der Waals surface area contributed by atoms with E-state index in [9.17, 15) is 31.6 Å². The molecule has 1 fully saturated rings. The third-order valence-electron chi connectivity index (χ3n) is 6.12. The number of benzene rings is 2. The first kappa shape index (κ1) is 26.3. The van der Waals surface area contributed by atoms with Crippen molar-refractivity contribution in [3.05, 3.63) is 48.0 Å². The number of fused-ring (bicyclic) bond motifs is 1. The van der Waals surface area contributed by atoms with Crippen molar-refractivity contribution in [1.82, 2.24) is 4.57 Å². The number of sulfone groups is 1. The van der Waals surface area contributed by atoms with Crippen molar-refractivity contribution in [2.75, 3.05) is 17.5 Å². The monoisotopic (exact) mass is 535 g/mol. The summed E-state index contributed by atoms with van der Waals surface area (Å²) in [7, 11) is -3.35. The Morgan fingerprint density at radius 3 is 2.43 bits per heavy atom. The minimum absolute atomic E-state index is 0.126. The highest BCUT2D eigenvalue weighted by Crippen LogP contribution is 2.43. The lowest BCUT2D eigenvalue weighted by molar-refractivity contribution is -0.196. The van der Waals surface area contributed by atoms with E-state index in [1.807, 2.05) is 4.57 Å². The van der Waals surface area contributed by atoms with Crippen molar-refractivity contribution in [2.24, 2.45) is 0 Å². The topological polar surface area (TPSA) is 110 Å². The predicted molar refractivity (Wildman–Crippen MR) is 131 cm³/mol. The molecule has 1 saturated carbocycles. The number of nitriles is 1. The van der Waals surface area contributed by atoms with Gasteiger partial charge in [-0.05, 0) is 56.0 Å². The third-order valence-corrected chi connectivity index (χ3v) is 6.66. The fourth-order valence-electron chi connectivity index (χ4n) is 4.06. The summed E-state index contributed by atoms with van der Waals surface area (Å²) in [6.07, 6.45) is -4.26. The second kappa shape index (κ2) is 9.97. The SMILES string of the molecule is C[C@@H](OC(=O)Nc1ccc(-c2c(C#N)c3ccc(OCS(C)(=O)=O)cc3n2C2CCC2)cc1)C(F)(F)F. The predicted octanol–water partition coefficient (Wildman–Crippen LogP) is 5.79. The standard InChI is InChI=1S/C25H24F3N3O5S/c1-15(25(26,27)28)36-24(32)30-17-8-6-16(7-9-17)23-21(13-29)20-11-10-19(35-14-37(2,33)34)12-22(20)31(23)18-4-3-5-18/h6-12,15,18H,3-5,14H2,1-2H3,(H,30,32)/t15-/m1/s1. The van der Waals surface area contributed by atoms with Gasteiger partial charge in [0.25, 0.3) is 0 Å². The minimum Gasteiger partial charge on any atom is -0.478 e. The molecule has 1 heterocycles. The molecule has 12 heteroatoms. The number of halogens is 3. The van der Waals surface area contributed by atoms with Crippen LogP contribution in [0, 0.1) is 11.3 Å². The van der Waals surface area contributed by atoms with E-state index in [4.69, 9.17) is 4.74 Å². The number of amides is 1. The number of hydrogen-bond donors (Lipinski definition) is 1. The van der Waals surface area contributed by atoms with Crippen molar-refractivity contribution < 1.29 is 35.9 Å². The van der Waals surface area contributed by atoms with E-state index >= 15 is 0 Å². The molecule has 0 radical (unpaired) electrons. The Balaban J connectivity index is 1.68. The molecule has 0 aliphatic heterocycles. The smallest absolute Gasteiger partial charge is 0.425 e. The van der Waals surface area contributed by atoms with Crippen molar-refractivity contribution in [3.63, 3.8) is 0 Å². The van der Waals surface area contributed by atoms with Crippen LogP contribution in [-0.4, -0.2) is 43.6 Å². The quantitative estimate of drug-likeness (QED) is 0.410. The largest absolute Gasteiger partial charge is 0.478 e. The van der Waals surface area contributed by atoms with Gasteiger partial charge in [0.15, 0.2) is 21.9 Å². The van der Waals surface area contributed by atoms with Crippen molar-refractivity contribution >= 4 is 32.5 Å². The number of carbonyl (C=O) groups excluding carboxylic acids is 1. The van der Waals surface area contributed by atoms with Crippen LogP contribution in [0.25, 0.3) is 22.2 Å². The van der Waals surface area contributed by atoms with Gasteiger partial charge in [-0.1, -0.05) is 12.1 Å². The number of anilines is 1. The van der Waals surface area contributed by atoms with E-state index in [0.29, 0.717) is 28.0 Å². The Kier molecular flexibility index (Phi) is 7.10. The highest BCUT2D eigenvalue weighted by atomic mass is 32.2. The molecule has 2 aromatic carbocycles. The zero-order chi connectivity index (χ0) is 27.0. The lowest BCUT2D eigenvalue weighted by Gasteiger charge is -2.30. The average molecular weight is 536 g/mol. The summed E-state index contributed by atoms with van der Waals surface area (Å²) >= 11 is 0. The summed E-state index contributed by atoms with van der Waals surface area (Å²) in [5, 5.41) is 13.0. The summed E-state index contributed by atoms with van der Waals surface area (Å²) in [6, 6.07) is 13.8. The van der Waals surface area contributed by atoms with Crippen molar-refractivity contribution in [1.29, 1.82) is 5.26 Å². The number of aromatic nitrogens is 1. The molecule has 37 heavy (non-hydrogen) atoms. The van der Waals surface area contributed by atoms with Gasteiger partial charge < -0.3 is 14.0 Å². The maximum atomic E-state index is 12.6. The minimum atomic E-state index is -4.67. The number of nitrogens with one attached hydrogen (secondary N) is 1. The van der Waals surface area contributed by atoms with Crippen molar-refractivity contribution in [3.8, 4) is 23.1 Å². The van der Waals surface area contributed by atoms with E-state index < -0.39 is 34.1 Å². The fraction of sp³-hybridized carbons (Fsp3) is 0.360. The summed E-state index contributed by atoms with van der Waals surface area (Å²) in [4.78, 5) is 11.8. The van der Waals surface area contributed by atoms with E-state index in [0.717, 1.165) is 38.0 Å². The molecule has 1 aliphatic carbocycles. The van der Waals surface area contributed by atoms with Crippen LogP contribution < -0.4 is 10.1 Å². The van der Waals surface area contributed by atoms with Crippen LogP contribution in [0.3, 0.4) is 0 Å². The van der Waals surface area contributed by atoms with Gasteiger partial charge in [0.2, 0.25) is 0 Å². The van der Waals surface area contributed by atoms with Gasteiger partial charge in [0.1, 0.15) is 11.8 Å². The Morgan fingerprint density at radius 2 is 1.89 bits per heavy atom.